The van der Waals surface area contributed by atoms with Gasteiger partial charge in [0.2, 0.25) is 15.9 Å². The van der Waals surface area contributed by atoms with Crippen LogP contribution in [0.25, 0.3) is 0 Å². The molecule has 0 saturated carbocycles. The van der Waals surface area contributed by atoms with Crippen molar-refractivity contribution in [1.82, 2.24) is 29.8 Å². The number of carbonyl (C=O) groups excluding carboxylic acids is 1. The maximum absolute atomic E-state index is 12.5. The highest BCUT2D eigenvalue weighted by molar-refractivity contribution is 7.89. The Morgan fingerprint density at radius 2 is 2.00 bits per heavy atom. The molecule has 130 valence electrons. The van der Waals surface area contributed by atoms with Crippen LogP contribution in [0.5, 0.6) is 0 Å². The van der Waals surface area contributed by atoms with Crippen LogP contribution >= 0.6 is 0 Å². The third-order valence-electron chi connectivity index (χ3n) is 3.47. The second-order valence-corrected chi connectivity index (χ2v) is 7.69. The molecule has 10 heteroatoms. The summed E-state index contributed by atoms with van der Waals surface area (Å²) in [6.07, 6.45) is 1.77. The van der Waals surface area contributed by atoms with Gasteiger partial charge in [-0.2, -0.15) is 0 Å². The van der Waals surface area contributed by atoms with Gasteiger partial charge in [0.15, 0.2) is 0 Å². The molecule has 1 aromatic carbocycles. The van der Waals surface area contributed by atoms with E-state index in [1.54, 1.807) is 0 Å². The summed E-state index contributed by atoms with van der Waals surface area (Å²) in [7, 11) is -0.451. The predicted molar refractivity (Wildman–Crippen MR) is 87.5 cm³/mol. The van der Waals surface area contributed by atoms with Gasteiger partial charge in [-0.25, -0.2) is 17.4 Å². The van der Waals surface area contributed by atoms with E-state index in [4.69, 9.17) is 0 Å². The smallest absolute Gasteiger partial charge is 0.245 e. The van der Waals surface area contributed by atoms with E-state index in [9.17, 15) is 13.2 Å². The van der Waals surface area contributed by atoms with E-state index >= 15 is 0 Å². The van der Waals surface area contributed by atoms with E-state index in [0.717, 1.165) is 9.87 Å². The molecule has 0 aliphatic heterocycles. The number of rotatable bonds is 8. The van der Waals surface area contributed by atoms with Crippen molar-refractivity contribution >= 4 is 15.9 Å². The first-order chi connectivity index (χ1) is 11.4. The predicted octanol–water partition coefficient (Wildman–Crippen LogP) is -0.535. The number of amides is 1. The Bertz CT molecular complexity index is 746. The standard InChI is InChI=1S/C14H20N6O3S/c1-19(2)24(22,23)9-8-15-14(21)13(20-11-16-17-18-20)10-12-6-4-3-5-7-12/h3-7,11,13H,8-10H2,1-2H3,(H,15,21). The van der Waals surface area contributed by atoms with E-state index in [-0.39, 0.29) is 18.2 Å². The van der Waals surface area contributed by atoms with Gasteiger partial charge in [0.1, 0.15) is 12.4 Å². The van der Waals surface area contributed by atoms with Gasteiger partial charge in [-0.05, 0) is 16.0 Å². The van der Waals surface area contributed by atoms with Gasteiger partial charge < -0.3 is 5.32 Å². The molecule has 1 atom stereocenters. The van der Waals surface area contributed by atoms with Crippen LogP contribution < -0.4 is 5.32 Å². The highest BCUT2D eigenvalue weighted by atomic mass is 32.2. The van der Waals surface area contributed by atoms with Crippen LogP contribution in [0, 0.1) is 0 Å². The number of carbonyl (C=O) groups is 1. The topological polar surface area (TPSA) is 110 Å². The summed E-state index contributed by atoms with van der Waals surface area (Å²) in [5.41, 5.74) is 0.953. The van der Waals surface area contributed by atoms with Gasteiger partial charge in [0.05, 0.1) is 5.75 Å². The van der Waals surface area contributed by atoms with Gasteiger partial charge >= 0.3 is 0 Å². The van der Waals surface area contributed by atoms with E-state index in [1.807, 2.05) is 30.3 Å². The van der Waals surface area contributed by atoms with Crippen LogP contribution in [0.1, 0.15) is 11.6 Å². The number of nitrogens with one attached hydrogen (secondary N) is 1. The third kappa shape index (κ3) is 4.83. The second kappa shape index (κ2) is 7.97. The SMILES string of the molecule is CN(C)S(=O)(=O)CCNC(=O)C(Cc1ccccc1)n1cnnn1. The molecule has 0 radical (unpaired) electrons. The van der Waals surface area contributed by atoms with E-state index in [0.29, 0.717) is 6.42 Å². The Balaban J connectivity index is 2.03. The minimum absolute atomic E-state index is 0.0206. The molecule has 1 amide bonds. The Hall–Kier alpha value is -2.33. The van der Waals surface area contributed by atoms with Crippen LogP contribution in [0.4, 0.5) is 0 Å². The maximum atomic E-state index is 12.5. The Labute approximate surface area is 140 Å². The molecule has 2 rings (SSSR count). The minimum Gasteiger partial charge on any atom is -0.353 e. The number of benzene rings is 1. The average Bonchev–Trinajstić information content (AvgIpc) is 3.07. The quantitative estimate of drug-likeness (QED) is 0.683. The van der Waals surface area contributed by atoms with E-state index in [2.05, 4.69) is 20.8 Å². The Morgan fingerprint density at radius 1 is 1.29 bits per heavy atom. The minimum atomic E-state index is -3.36. The number of hydrogen-bond donors (Lipinski definition) is 1. The van der Waals surface area contributed by atoms with Crippen LogP contribution in [0.15, 0.2) is 36.7 Å². The lowest BCUT2D eigenvalue weighted by atomic mass is 10.1. The number of aromatic nitrogens is 4. The maximum Gasteiger partial charge on any atom is 0.245 e. The summed E-state index contributed by atoms with van der Waals surface area (Å²) in [6, 6.07) is 8.81. The molecular formula is C14H20N6O3S. The largest absolute Gasteiger partial charge is 0.353 e. The van der Waals surface area contributed by atoms with Crippen molar-refractivity contribution in [1.29, 1.82) is 0 Å². The van der Waals surface area contributed by atoms with Crippen molar-refractivity contribution in [3.63, 3.8) is 0 Å². The first kappa shape index (κ1) is 18.0. The zero-order chi connectivity index (χ0) is 17.6. The van der Waals surface area contributed by atoms with Crippen LogP contribution in [-0.4, -0.2) is 65.2 Å². The molecule has 0 fully saturated rings. The summed E-state index contributed by atoms with van der Waals surface area (Å²) in [5, 5.41) is 13.5. The first-order valence-corrected chi connectivity index (χ1v) is 8.95. The van der Waals surface area contributed by atoms with Crippen molar-refractivity contribution in [3.8, 4) is 0 Å². The Kier molecular flexibility index (Phi) is 5.99. The molecule has 0 spiro atoms. The van der Waals surface area contributed by atoms with E-state index in [1.165, 1.54) is 25.1 Å². The third-order valence-corrected chi connectivity index (χ3v) is 5.31. The van der Waals surface area contributed by atoms with Crippen molar-refractivity contribution in [2.24, 2.45) is 0 Å². The zero-order valence-corrected chi connectivity index (χ0v) is 14.3. The van der Waals surface area contributed by atoms with Gasteiger partial charge in [-0.3, -0.25) is 4.79 Å². The fourth-order valence-corrected chi connectivity index (χ4v) is 2.78. The summed E-state index contributed by atoms with van der Waals surface area (Å²) in [6.45, 7) is 0.0206. The molecule has 2 aromatic rings. The fourth-order valence-electron chi connectivity index (χ4n) is 2.06. The highest BCUT2D eigenvalue weighted by Gasteiger charge is 2.23. The van der Waals surface area contributed by atoms with Crippen LogP contribution in [0.2, 0.25) is 0 Å². The first-order valence-electron chi connectivity index (χ1n) is 7.34. The van der Waals surface area contributed by atoms with Gasteiger partial charge in [-0.15, -0.1) is 5.10 Å². The van der Waals surface area contributed by atoms with E-state index < -0.39 is 16.1 Å². The van der Waals surface area contributed by atoms with Gasteiger partial charge in [0.25, 0.3) is 0 Å². The van der Waals surface area contributed by atoms with Gasteiger partial charge in [-0.1, -0.05) is 30.3 Å². The summed E-state index contributed by atoms with van der Waals surface area (Å²) >= 11 is 0. The molecule has 0 saturated heterocycles. The molecule has 1 N–H and O–H groups in total. The lowest BCUT2D eigenvalue weighted by Gasteiger charge is -2.17. The lowest BCUT2D eigenvalue weighted by molar-refractivity contribution is -0.124. The summed E-state index contributed by atoms with van der Waals surface area (Å²) in [4.78, 5) is 12.5. The van der Waals surface area contributed by atoms with Crippen molar-refractivity contribution < 1.29 is 13.2 Å². The molecule has 0 aliphatic carbocycles. The zero-order valence-electron chi connectivity index (χ0n) is 13.5. The molecule has 0 bridgehead atoms. The van der Waals surface area contributed by atoms with Crippen molar-refractivity contribution in [2.75, 3.05) is 26.4 Å². The number of tetrazole rings is 1. The second-order valence-electron chi connectivity index (χ2n) is 5.38. The summed E-state index contributed by atoms with van der Waals surface area (Å²) in [5.74, 6) is -0.500. The molecule has 1 unspecified atom stereocenters. The van der Waals surface area contributed by atoms with Crippen LogP contribution in [0.3, 0.4) is 0 Å². The molecular weight excluding hydrogens is 332 g/mol. The molecule has 24 heavy (non-hydrogen) atoms. The molecule has 1 aromatic heterocycles. The normalized spacial score (nSPS) is 13.0. The lowest BCUT2D eigenvalue weighted by Crippen LogP contribution is -2.38. The molecule has 9 nitrogen and oxygen atoms in total. The number of nitrogens with zero attached hydrogens (tertiary/aromatic N) is 5. The van der Waals surface area contributed by atoms with Crippen molar-refractivity contribution in [2.45, 2.75) is 12.5 Å². The molecule has 0 aliphatic rings. The monoisotopic (exact) mass is 352 g/mol. The average molecular weight is 352 g/mol. The van der Waals surface area contributed by atoms with Gasteiger partial charge in [0, 0.05) is 27.1 Å². The summed E-state index contributed by atoms with van der Waals surface area (Å²) < 4.78 is 26.0. The van der Waals surface area contributed by atoms with Crippen LogP contribution in [-0.2, 0) is 21.2 Å². The van der Waals surface area contributed by atoms with Crippen molar-refractivity contribution in [3.05, 3.63) is 42.2 Å². The molecule has 1 heterocycles. The Morgan fingerprint density at radius 3 is 2.58 bits per heavy atom. The fraction of sp³-hybridized carbons (Fsp3) is 0.429. The highest BCUT2D eigenvalue weighted by Crippen LogP contribution is 2.13. The number of sulfonamides is 1. The number of hydrogen-bond acceptors (Lipinski definition) is 6.